The number of hydrogen-bond donors (Lipinski definition) is 1. The lowest BCUT2D eigenvalue weighted by atomic mass is 10.1. The molecule has 3 nitrogen and oxygen atoms in total. The number of anilines is 1. The Morgan fingerprint density at radius 3 is 2.50 bits per heavy atom. The van der Waals surface area contributed by atoms with Gasteiger partial charge in [-0.25, -0.2) is 0 Å². The topological polar surface area (TPSA) is 62.7 Å². The number of benzene rings is 1. The fourth-order valence-corrected chi connectivity index (χ4v) is 1.60. The molecule has 2 rings (SSSR count). The summed E-state index contributed by atoms with van der Waals surface area (Å²) in [6, 6.07) is 11.3. The quantitative estimate of drug-likeness (QED) is 0.784. The van der Waals surface area contributed by atoms with Crippen LogP contribution in [0.25, 0.3) is 11.3 Å². The Morgan fingerprint density at radius 2 is 1.94 bits per heavy atom. The van der Waals surface area contributed by atoms with Crippen molar-refractivity contribution in [1.29, 1.82) is 5.26 Å². The summed E-state index contributed by atoms with van der Waals surface area (Å²) in [5.74, 6) is 0. The highest BCUT2D eigenvalue weighted by atomic mass is 14.7. The summed E-state index contributed by atoms with van der Waals surface area (Å²) < 4.78 is 0. The Bertz CT molecular complexity index is 550. The van der Waals surface area contributed by atoms with Gasteiger partial charge in [-0.05, 0) is 30.7 Å². The standard InChI is InChI=1S/C13H11N3/c1-9-6-12(15)8-16-13(9)11-4-2-10(7-14)3-5-11/h2-6,8H,15H2,1H3. The molecule has 78 valence electrons. The first-order valence-electron chi connectivity index (χ1n) is 4.93. The van der Waals surface area contributed by atoms with E-state index < -0.39 is 0 Å². The zero-order valence-electron chi connectivity index (χ0n) is 8.94. The lowest BCUT2D eigenvalue weighted by Gasteiger charge is -2.05. The predicted molar refractivity (Wildman–Crippen MR) is 63.5 cm³/mol. The van der Waals surface area contributed by atoms with E-state index in [9.17, 15) is 0 Å². The maximum Gasteiger partial charge on any atom is 0.0991 e. The molecule has 0 amide bonds. The summed E-state index contributed by atoms with van der Waals surface area (Å²) in [6.45, 7) is 1.97. The number of rotatable bonds is 1. The largest absolute Gasteiger partial charge is 0.397 e. The highest BCUT2D eigenvalue weighted by molar-refractivity contribution is 5.65. The van der Waals surface area contributed by atoms with Gasteiger partial charge in [-0.3, -0.25) is 4.98 Å². The minimum atomic E-state index is 0.650. The molecule has 0 aliphatic rings. The van der Waals surface area contributed by atoms with E-state index in [0.29, 0.717) is 11.3 Å². The molecule has 0 bridgehead atoms. The van der Waals surface area contributed by atoms with E-state index in [4.69, 9.17) is 11.0 Å². The molecule has 1 aromatic heterocycles. The first-order chi connectivity index (χ1) is 7.70. The van der Waals surface area contributed by atoms with Crippen LogP contribution in [0.15, 0.2) is 36.5 Å². The summed E-state index contributed by atoms with van der Waals surface area (Å²) in [5.41, 5.74) is 9.89. The van der Waals surface area contributed by atoms with Gasteiger partial charge in [-0.15, -0.1) is 0 Å². The van der Waals surface area contributed by atoms with Crippen molar-refractivity contribution >= 4 is 5.69 Å². The molecule has 0 spiro atoms. The molecule has 3 heteroatoms. The molecule has 1 aromatic carbocycles. The molecular formula is C13H11N3. The zero-order valence-corrected chi connectivity index (χ0v) is 8.94. The second kappa shape index (κ2) is 4.03. The SMILES string of the molecule is Cc1cc(N)cnc1-c1ccc(C#N)cc1. The van der Waals surface area contributed by atoms with Crippen LogP contribution in [0.5, 0.6) is 0 Å². The number of nitriles is 1. The van der Waals surface area contributed by atoms with Crippen molar-refractivity contribution in [3.05, 3.63) is 47.7 Å². The fraction of sp³-hybridized carbons (Fsp3) is 0.0769. The second-order valence-electron chi connectivity index (χ2n) is 3.62. The van der Waals surface area contributed by atoms with E-state index in [2.05, 4.69) is 11.1 Å². The minimum absolute atomic E-state index is 0.650. The molecule has 0 unspecified atom stereocenters. The third-order valence-electron chi connectivity index (χ3n) is 2.39. The van der Waals surface area contributed by atoms with Crippen LogP contribution in [-0.4, -0.2) is 4.98 Å². The Morgan fingerprint density at radius 1 is 1.25 bits per heavy atom. The normalized spacial score (nSPS) is 9.75. The Kier molecular flexibility index (Phi) is 2.57. The summed E-state index contributed by atoms with van der Waals surface area (Å²) in [6.07, 6.45) is 1.64. The second-order valence-corrected chi connectivity index (χ2v) is 3.62. The molecule has 1 heterocycles. The molecule has 0 atom stereocenters. The van der Waals surface area contributed by atoms with Crippen LogP contribution in [-0.2, 0) is 0 Å². The van der Waals surface area contributed by atoms with Crippen molar-refractivity contribution in [3.63, 3.8) is 0 Å². The van der Waals surface area contributed by atoms with Crippen molar-refractivity contribution in [1.82, 2.24) is 4.98 Å². The van der Waals surface area contributed by atoms with Crippen molar-refractivity contribution in [2.24, 2.45) is 0 Å². The average Bonchev–Trinajstić information content (AvgIpc) is 2.29. The molecule has 16 heavy (non-hydrogen) atoms. The van der Waals surface area contributed by atoms with Gasteiger partial charge in [0.25, 0.3) is 0 Å². The monoisotopic (exact) mass is 209 g/mol. The van der Waals surface area contributed by atoms with Crippen LogP contribution < -0.4 is 5.73 Å². The van der Waals surface area contributed by atoms with E-state index in [-0.39, 0.29) is 0 Å². The van der Waals surface area contributed by atoms with E-state index in [1.165, 1.54) is 0 Å². The molecule has 2 aromatic rings. The number of nitrogens with two attached hydrogens (primary N) is 1. The number of aryl methyl sites for hydroxylation is 1. The van der Waals surface area contributed by atoms with Gasteiger partial charge in [0.05, 0.1) is 29.2 Å². The average molecular weight is 209 g/mol. The number of nitrogens with zero attached hydrogens (tertiary/aromatic N) is 2. The maximum atomic E-state index is 8.71. The van der Waals surface area contributed by atoms with Crippen LogP contribution in [0, 0.1) is 18.3 Å². The molecule has 0 radical (unpaired) electrons. The van der Waals surface area contributed by atoms with Gasteiger partial charge in [0, 0.05) is 5.56 Å². The lowest BCUT2D eigenvalue weighted by molar-refractivity contribution is 1.27. The van der Waals surface area contributed by atoms with Gasteiger partial charge >= 0.3 is 0 Å². The third-order valence-corrected chi connectivity index (χ3v) is 2.39. The molecule has 0 fully saturated rings. The third kappa shape index (κ3) is 1.86. The molecule has 0 aliphatic carbocycles. The summed E-state index contributed by atoms with van der Waals surface area (Å²) in [7, 11) is 0. The first-order valence-corrected chi connectivity index (χ1v) is 4.93. The molecule has 2 N–H and O–H groups in total. The smallest absolute Gasteiger partial charge is 0.0991 e. The number of pyridine rings is 1. The zero-order chi connectivity index (χ0) is 11.5. The van der Waals surface area contributed by atoms with Gasteiger partial charge in [0.2, 0.25) is 0 Å². The summed E-state index contributed by atoms with van der Waals surface area (Å²) in [5, 5.41) is 8.71. The van der Waals surface area contributed by atoms with Crippen molar-refractivity contribution in [2.45, 2.75) is 6.92 Å². The lowest BCUT2D eigenvalue weighted by Crippen LogP contribution is -1.92. The highest BCUT2D eigenvalue weighted by Gasteiger charge is 2.03. The van der Waals surface area contributed by atoms with Gasteiger partial charge in [-0.2, -0.15) is 5.26 Å². The van der Waals surface area contributed by atoms with Gasteiger partial charge in [-0.1, -0.05) is 12.1 Å². The Hall–Kier alpha value is -2.34. The molecule has 0 aliphatic heterocycles. The summed E-state index contributed by atoms with van der Waals surface area (Å²) in [4.78, 5) is 4.30. The van der Waals surface area contributed by atoms with Crippen LogP contribution >= 0.6 is 0 Å². The van der Waals surface area contributed by atoms with E-state index in [0.717, 1.165) is 16.8 Å². The van der Waals surface area contributed by atoms with Gasteiger partial charge < -0.3 is 5.73 Å². The van der Waals surface area contributed by atoms with Crippen molar-refractivity contribution in [2.75, 3.05) is 5.73 Å². The van der Waals surface area contributed by atoms with E-state index in [1.54, 1.807) is 18.3 Å². The molecule has 0 saturated heterocycles. The van der Waals surface area contributed by atoms with E-state index in [1.807, 2.05) is 25.1 Å². The predicted octanol–water partition coefficient (Wildman–Crippen LogP) is 2.51. The summed E-state index contributed by atoms with van der Waals surface area (Å²) >= 11 is 0. The maximum absolute atomic E-state index is 8.71. The van der Waals surface area contributed by atoms with Crippen LogP contribution in [0.1, 0.15) is 11.1 Å². The van der Waals surface area contributed by atoms with Crippen LogP contribution in [0.3, 0.4) is 0 Å². The van der Waals surface area contributed by atoms with Gasteiger partial charge in [0.1, 0.15) is 0 Å². The number of nitrogen functional groups attached to an aromatic ring is 1. The minimum Gasteiger partial charge on any atom is -0.397 e. The molecular weight excluding hydrogens is 198 g/mol. The first kappa shape index (κ1) is 10.2. The van der Waals surface area contributed by atoms with Crippen molar-refractivity contribution in [3.8, 4) is 17.3 Å². The number of aromatic nitrogens is 1. The van der Waals surface area contributed by atoms with Crippen LogP contribution in [0.2, 0.25) is 0 Å². The van der Waals surface area contributed by atoms with Crippen LogP contribution in [0.4, 0.5) is 5.69 Å². The Balaban J connectivity index is 2.47. The molecule has 0 saturated carbocycles. The number of hydrogen-bond acceptors (Lipinski definition) is 3. The van der Waals surface area contributed by atoms with Gasteiger partial charge in [0.15, 0.2) is 0 Å². The fourth-order valence-electron chi connectivity index (χ4n) is 1.60. The Labute approximate surface area is 94.2 Å². The van der Waals surface area contributed by atoms with E-state index >= 15 is 0 Å². The van der Waals surface area contributed by atoms with Crippen molar-refractivity contribution < 1.29 is 0 Å². The highest BCUT2D eigenvalue weighted by Crippen LogP contribution is 2.22.